The molecule has 0 spiro atoms. The van der Waals surface area contributed by atoms with Crippen LogP contribution in [-0.2, 0) is 11.2 Å². The topological polar surface area (TPSA) is 24.5 Å². The number of morpholine rings is 1. The summed E-state index contributed by atoms with van der Waals surface area (Å²) < 4.78 is 6.84. The first-order chi connectivity index (χ1) is 10.3. The largest absolute Gasteiger partial charge is 0.379 e. The maximum atomic E-state index is 5.58. The van der Waals surface area contributed by atoms with Gasteiger partial charge in [-0.15, -0.1) is 11.3 Å². The van der Waals surface area contributed by atoms with E-state index in [0.29, 0.717) is 11.6 Å². The van der Waals surface area contributed by atoms with Crippen LogP contribution in [0, 0.1) is 0 Å². The summed E-state index contributed by atoms with van der Waals surface area (Å²) in [5.74, 6) is 0. The third-order valence-electron chi connectivity index (χ3n) is 5.19. The number of halogens is 1. The van der Waals surface area contributed by atoms with Crippen molar-refractivity contribution in [3.8, 4) is 0 Å². The van der Waals surface area contributed by atoms with Crippen LogP contribution in [0.5, 0.6) is 0 Å². The highest BCUT2D eigenvalue weighted by Gasteiger charge is 2.45. The van der Waals surface area contributed by atoms with Crippen LogP contribution in [0.4, 0.5) is 0 Å². The fourth-order valence-corrected chi connectivity index (χ4v) is 5.66. The van der Waals surface area contributed by atoms with Crippen LogP contribution >= 0.6 is 27.3 Å². The fourth-order valence-electron chi connectivity index (χ4n) is 4.10. The van der Waals surface area contributed by atoms with E-state index in [1.807, 2.05) is 11.3 Å². The number of nitrogens with one attached hydrogen (secondary N) is 1. The molecule has 21 heavy (non-hydrogen) atoms. The van der Waals surface area contributed by atoms with Crippen molar-refractivity contribution in [1.82, 2.24) is 10.2 Å². The molecule has 1 aliphatic heterocycles. The highest BCUT2D eigenvalue weighted by Crippen LogP contribution is 2.40. The zero-order valence-electron chi connectivity index (χ0n) is 12.7. The normalized spacial score (nSPS) is 24.3. The van der Waals surface area contributed by atoms with E-state index in [1.165, 1.54) is 35.0 Å². The maximum Gasteiger partial charge on any atom is 0.0594 e. The summed E-state index contributed by atoms with van der Waals surface area (Å²) in [7, 11) is 2.13. The number of nitrogens with zero attached hydrogens (tertiary/aromatic N) is 1. The van der Waals surface area contributed by atoms with Crippen LogP contribution in [0.25, 0.3) is 0 Å². The summed E-state index contributed by atoms with van der Waals surface area (Å²) >= 11 is 5.56. The van der Waals surface area contributed by atoms with Crippen molar-refractivity contribution in [3.63, 3.8) is 0 Å². The lowest BCUT2D eigenvalue weighted by Crippen LogP contribution is -2.62. The molecule has 1 atom stereocenters. The van der Waals surface area contributed by atoms with E-state index in [9.17, 15) is 0 Å². The molecular weight excluding hydrogens is 348 g/mol. The minimum absolute atomic E-state index is 0.321. The van der Waals surface area contributed by atoms with Gasteiger partial charge in [0.25, 0.3) is 0 Å². The monoisotopic (exact) mass is 372 g/mol. The van der Waals surface area contributed by atoms with Crippen molar-refractivity contribution < 1.29 is 4.74 Å². The van der Waals surface area contributed by atoms with Crippen molar-refractivity contribution in [3.05, 3.63) is 20.8 Å². The van der Waals surface area contributed by atoms with E-state index < -0.39 is 0 Å². The fraction of sp³-hybridized carbons (Fsp3) is 0.750. The van der Waals surface area contributed by atoms with Crippen molar-refractivity contribution in [2.75, 3.05) is 33.4 Å². The van der Waals surface area contributed by atoms with Crippen molar-refractivity contribution in [2.24, 2.45) is 0 Å². The maximum absolute atomic E-state index is 5.58. The van der Waals surface area contributed by atoms with Gasteiger partial charge in [0.05, 0.1) is 13.2 Å². The lowest BCUT2D eigenvalue weighted by Gasteiger charge is -2.48. The molecule has 0 aromatic carbocycles. The van der Waals surface area contributed by atoms with Crippen molar-refractivity contribution in [2.45, 2.75) is 43.7 Å². The summed E-state index contributed by atoms with van der Waals surface area (Å²) in [6.45, 7) is 3.95. The second-order valence-electron chi connectivity index (χ2n) is 6.15. The molecule has 2 fully saturated rings. The Morgan fingerprint density at radius 2 is 2.10 bits per heavy atom. The van der Waals surface area contributed by atoms with Crippen LogP contribution in [-0.4, -0.2) is 49.8 Å². The SMILES string of the molecule is CNC(Cc1sccc1Br)C1(N2CCOCC2)CCCC1. The van der Waals surface area contributed by atoms with Crippen molar-refractivity contribution in [1.29, 1.82) is 0 Å². The van der Waals surface area contributed by atoms with Gasteiger partial charge in [-0.2, -0.15) is 0 Å². The number of hydrogen-bond donors (Lipinski definition) is 1. The van der Waals surface area contributed by atoms with Crippen LogP contribution in [0.1, 0.15) is 30.6 Å². The van der Waals surface area contributed by atoms with Gasteiger partial charge in [-0.3, -0.25) is 4.90 Å². The molecule has 118 valence electrons. The summed E-state index contributed by atoms with van der Waals surface area (Å²) in [6.07, 6.45) is 6.48. The molecular formula is C16H25BrN2OS. The summed E-state index contributed by atoms with van der Waals surface area (Å²) in [5, 5.41) is 5.83. The number of rotatable bonds is 5. The molecule has 3 rings (SSSR count). The lowest BCUT2D eigenvalue weighted by atomic mass is 9.83. The van der Waals surface area contributed by atoms with Crippen molar-refractivity contribution >= 4 is 27.3 Å². The minimum atomic E-state index is 0.321. The number of ether oxygens (including phenoxy) is 1. The first-order valence-corrected chi connectivity index (χ1v) is 9.65. The minimum Gasteiger partial charge on any atom is -0.379 e. The van der Waals surface area contributed by atoms with Gasteiger partial charge >= 0.3 is 0 Å². The lowest BCUT2D eigenvalue weighted by molar-refractivity contribution is -0.0346. The predicted molar refractivity (Wildman–Crippen MR) is 92.2 cm³/mol. The molecule has 0 radical (unpaired) electrons. The van der Waals surface area contributed by atoms with Gasteiger partial charge in [-0.25, -0.2) is 0 Å². The molecule has 1 aromatic heterocycles. The molecule has 0 bridgehead atoms. The summed E-state index contributed by atoms with van der Waals surface area (Å²) in [5.41, 5.74) is 0.321. The Hall–Kier alpha value is 0.0600. The Balaban J connectivity index is 1.81. The standard InChI is InChI=1S/C16H25BrN2OS/c1-18-15(12-14-13(17)4-11-21-14)16(5-2-3-6-16)19-7-9-20-10-8-19/h4,11,15,18H,2-3,5-10,12H2,1H3. The quantitative estimate of drug-likeness (QED) is 0.857. The van der Waals surface area contributed by atoms with E-state index >= 15 is 0 Å². The van der Waals surface area contributed by atoms with Gasteiger partial charge in [0.2, 0.25) is 0 Å². The van der Waals surface area contributed by atoms with Gasteiger partial charge in [-0.1, -0.05) is 12.8 Å². The molecule has 1 aromatic rings. The number of hydrogen-bond acceptors (Lipinski definition) is 4. The van der Waals surface area contributed by atoms with E-state index in [0.717, 1.165) is 32.7 Å². The van der Waals surface area contributed by atoms with E-state index in [2.05, 4.69) is 44.6 Å². The zero-order valence-corrected chi connectivity index (χ0v) is 15.1. The average molecular weight is 373 g/mol. The van der Waals surface area contributed by atoms with E-state index in [-0.39, 0.29) is 0 Å². The van der Waals surface area contributed by atoms with Gasteiger partial charge in [0.1, 0.15) is 0 Å². The molecule has 3 nitrogen and oxygen atoms in total. The van der Waals surface area contributed by atoms with Crippen LogP contribution < -0.4 is 5.32 Å². The molecule has 1 saturated carbocycles. The zero-order chi connectivity index (χ0) is 14.7. The average Bonchev–Trinajstić information content (AvgIpc) is 3.16. The Labute approximate surface area is 140 Å². The van der Waals surface area contributed by atoms with Gasteiger partial charge in [-0.05, 0) is 53.7 Å². The van der Waals surface area contributed by atoms with E-state index in [1.54, 1.807) is 0 Å². The van der Waals surface area contributed by atoms with Gasteiger partial charge in [0, 0.05) is 34.0 Å². The van der Waals surface area contributed by atoms with Crippen LogP contribution in [0.15, 0.2) is 15.9 Å². The Bertz CT molecular complexity index is 453. The molecule has 1 N–H and O–H groups in total. The molecule has 1 saturated heterocycles. The number of thiophene rings is 1. The predicted octanol–water partition coefficient (Wildman–Crippen LogP) is 3.29. The summed E-state index contributed by atoms with van der Waals surface area (Å²) in [6, 6.07) is 2.69. The van der Waals surface area contributed by atoms with Crippen LogP contribution in [0.3, 0.4) is 0 Å². The third kappa shape index (κ3) is 3.22. The van der Waals surface area contributed by atoms with E-state index in [4.69, 9.17) is 4.74 Å². The second kappa shape index (κ2) is 7.09. The smallest absolute Gasteiger partial charge is 0.0594 e. The van der Waals surface area contributed by atoms with Gasteiger partial charge < -0.3 is 10.1 Å². The molecule has 5 heteroatoms. The molecule has 0 amide bonds. The van der Waals surface area contributed by atoms with Gasteiger partial charge in [0.15, 0.2) is 0 Å². The van der Waals surface area contributed by atoms with Crippen LogP contribution in [0.2, 0.25) is 0 Å². The second-order valence-corrected chi connectivity index (χ2v) is 8.00. The molecule has 2 heterocycles. The first kappa shape index (κ1) is 15.9. The molecule has 1 unspecified atom stereocenters. The molecule has 1 aliphatic carbocycles. The Morgan fingerprint density at radius 1 is 1.38 bits per heavy atom. The summed E-state index contributed by atoms with van der Waals surface area (Å²) in [4.78, 5) is 4.18. The first-order valence-electron chi connectivity index (χ1n) is 7.98. The molecule has 2 aliphatic rings. The third-order valence-corrected chi connectivity index (χ3v) is 7.14. The highest BCUT2D eigenvalue weighted by atomic mass is 79.9. The number of likely N-dealkylation sites (N-methyl/N-ethyl adjacent to an activating group) is 1. The highest BCUT2D eigenvalue weighted by molar-refractivity contribution is 9.10. The Morgan fingerprint density at radius 3 is 2.67 bits per heavy atom. The Kier molecular flexibility index (Phi) is 5.38.